The van der Waals surface area contributed by atoms with Crippen molar-refractivity contribution in [1.29, 1.82) is 0 Å². The smallest absolute Gasteiger partial charge is 0.171 e. The van der Waals surface area contributed by atoms with Crippen LogP contribution in [0.1, 0.15) is 61.8 Å². The summed E-state index contributed by atoms with van der Waals surface area (Å²) in [5, 5.41) is 5.61. The van der Waals surface area contributed by atoms with Crippen molar-refractivity contribution in [3.8, 4) is 0 Å². The van der Waals surface area contributed by atoms with E-state index in [2.05, 4.69) is 115 Å². The summed E-state index contributed by atoms with van der Waals surface area (Å²) in [5.74, 6) is 1.25. The molecule has 5 aromatic carbocycles. The van der Waals surface area contributed by atoms with Crippen LogP contribution in [0.15, 0.2) is 91.0 Å². The molecule has 2 radical (unpaired) electrons. The Morgan fingerprint density at radius 1 is 0.629 bits per heavy atom. The molecule has 0 saturated carbocycles. The monoisotopic (exact) mass is 552 g/mol. The maximum absolute atomic E-state index is 3.06. The van der Waals surface area contributed by atoms with Gasteiger partial charge in [-0.3, -0.25) is 0 Å². The van der Waals surface area contributed by atoms with Crippen molar-refractivity contribution in [1.82, 2.24) is 0 Å². The van der Waals surface area contributed by atoms with Gasteiger partial charge in [-0.15, -0.1) is 92.3 Å². The minimum Gasteiger partial charge on any atom is -0.184 e. The summed E-state index contributed by atoms with van der Waals surface area (Å²) in [5.41, 5.74) is 5.87. The average Bonchev–Trinajstić information content (AvgIpc) is 3.37. The largest absolute Gasteiger partial charge is 0.184 e. The van der Waals surface area contributed by atoms with Gasteiger partial charge in [-0.25, -0.2) is 0 Å². The summed E-state index contributed by atoms with van der Waals surface area (Å²) < 4.78 is 0. The van der Waals surface area contributed by atoms with Gasteiger partial charge in [0, 0.05) is 0 Å². The molecule has 0 heterocycles. The second-order valence-electron chi connectivity index (χ2n) is 9.04. The molecule has 0 N–H and O–H groups in total. The maximum atomic E-state index is 3.06. The molecule has 0 fully saturated rings. The standard InChI is InChI=1S/2C13H15.C6H5.CH3.Si.Zr/c2*1-9(2)13-10(3)8-11-6-4-5-7-12(11)13;1-2-4-6-5-3-1;;;/h2*4-9H,1-3H3;1-5H;1H3;;/q4*-1;;. The first-order valence-electron chi connectivity index (χ1n) is 11.9. The fourth-order valence-electron chi connectivity index (χ4n) is 4.66. The van der Waals surface area contributed by atoms with E-state index in [0.717, 1.165) is 0 Å². The van der Waals surface area contributed by atoms with Crippen molar-refractivity contribution in [2.45, 2.75) is 53.4 Å². The molecule has 0 saturated heterocycles. The van der Waals surface area contributed by atoms with Gasteiger partial charge < -0.3 is 7.43 Å². The maximum Gasteiger partial charge on any atom is -0.171 e. The van der Waals surface area contributed by atoms with Crippen LogP contribution in [-0.2, 0) is 23.3 Å². The van der Waals surface area contributed by atoms with E-state index in [1.54, 1.807) is 0 Å². The summed E-state index contributed by atoms with van der Waals surface area (Å²) >= 11 is 1.36. The van der Waals surface area contributed by atoms with Crippen molar-refractivity contribution in [3.63, 3.8) is 0 Å². The molecule has 0 amide bonds. The normalized spacial score (nSPS) is 9.91. The Kier molecular flexibility index (Phi) is 14.1. The van der Waals surface area contributed by atoms with E-state index in [0.29, 0.717) is 11.8 Å². The van der Waals surface area contributed by atoms with Gasteiger partial charge in [0.25, 0.3) is 0 Å². The molecule has 0 bridgehead atoms. The predicted octanol–water partition coefficient (Wildman–Crippen LogP) is 9.53. The van der Waals surface area contributed by atoms with Gasteiger partial charge >= 0.3 is 30.2 Å². The number of fused-ring (bicyclic) bond motifs is 2. The van der Waals surface area contributed by atoms with E-state index >= 15 is 0 Å². The first-order chi connectivity index (χ1) is 16.4. The number of hydrogen-bond acceptors (Lipinski definition) is 0. The Labute approximate surface area is 230 Å². The van der Waals surface area contributed by atoms with Crippen LogP contribution >= 0.6 is 0 Å². The van der Waals surface area contributed by atoms with E-state index in [1.165, 1.54) is 67.1 Å². The summed E-state index contributed by atoms with van der Waals surface area (Å²) in [7, 11) is 0. The molecule has 5 rings (SSSR count). The van der Waals surface area contributed by atoms with E-state index in [-0.39, 0.29) is 7.43 Å². The van der Waals surface area contributed by atoms with Crippen molar-refractivity contribution >= 4 is 28.4 Å². The zero-order chi connectivity index (χ0) is 25.1. The third-order valence-corrected chi connectivity index (χ3v) is 5.86. The van der Waals surface area contributed by atoms with Crippen LogP contribution in [-0.4, -0.2) is 6.88 Å². The molecule has 0 spiro atoms. The van der Waals surface area contributed by atoms with Crippen molar-refractivity contribution < 1.29 is 23.3 Å². The van der Waals surface area contributed by atoms with Crippen molar-refractivity contribution in [2.75, 3.05) is 0 Å². The molecule has 0 unspecified atom stereocenters. The minimum absolute atomic E-state index is 0. The number of aryl methyl sites for hydroxylation is 2. The SMILES string of the molecule is Cc1[cH-]c2ccccc2c1C(C)C.Cc1[cH-]c2ccccc2c1C(C)C.[CH3-].[Si]=[Zr].[c-]1ccccc1. The van der Waals surface area contributed by atoms with E-state index in [1.807, 2.05) is 30.3 Å². The van der Waals surface area contributed by atoms with Gasteiger partial charge in [0.1, 0.15) is 0 Å². The second kappa shape index (κ2) is 15.9. The van der Waals surface area contributed by atoms with Crippen LogP contribution in [0.25, 0.3) is 21.5 Å². The van der Waals surface area contributed by atoms with E-state index in [4.69, 9.17) is 0 Å². The molecule has 182 valence electrons. The van der Waals surface area contributed by atoms with Crippen molar-refractivity contribution in [2.24, 2.45) is 0 Å². The molecule has 5 aromatic rings. The molecule has 2 heteroatoms. The molecule has 0 aliphatic heterocycles. The first kappa shape index (κ1) is 31.0. The Morgan fingerprint density at radius 2 is 1.00 bits per heavy atom. The average molecular weight is 554 g/mol. The molecular formula is C33H38SiZr-4. The van der Waals surface area contributed by atoms with Crippen LogP contribution in [0, 0.1) is 27.3 Å². The van der Waals surface area contributed by atoms with Crippen LogP contribution in [0.5, 0.6) is 0 Å². The third-order valence-electron chi connectivity index (χ3n) is 5.86. The molecule has 0 aliphatic carbocycles. The van der Waals surface area contributed by atoms with Crippen LogP contribution in [0.2, 0.25) is 0 Å². The molecule has 0 aromatic heterocycles. The van der Waals surface area contributed by atoms with Gasteiger partial charge in [0.05, 0.1) is 0 Å². The van der Waals surface area contributed by atoms with E-state index in [9.17, 15) is 0 Å². The molecule has 0 aliphatic rings. The number of hydrogen-bond donors (Lipinski definition) is 0. The van der Waals surface area contributed by atoms with Gasteiger partial charge in [-0.2, -0.15) is 36.4 Å². The number of rotatable bonds is 2. The zero-order valence-electron chi connectivity index (χ0n) is 22.3. The Morgan fingerprint density at radius 3 is 1.29 bits per heavy atom. The zero-order valence-corrected chi connectivity index (χ0v) is 25.8. The fourth-order valence-corrected chi connectivity index (χ4v) is 4.66. The predicted molar refractivity (Wildman–Crippen MR) is 154 cm³/mol. The quantitative estimate of drug-likeness (QED) is 0.151. The Balaban J connectivity index is 0.000000264. The molecular weight excluding hydrogens is 516 g/mol. The minimum atomic E-state index is 0. The third kappa shape index (κ3) is 8.55. The van der Waals surface area contributed by atoms with Crippen LogP contribution in [0.4, 0.5) is 0 Å². The first-order valence-corrected chi connectivity index (χ1v) is 16.0. The summed E-state index contributed by atoms with van der Waals surface area (Å²) in [6.45, 7) is 16.5. The van der Waals surface area contributed by atoms with Crippen LogP contribution in [0.3, 0.4) is 0 Å². The number of benzene rings is 3. The summed E-state index contributed by atoms with van der Waals surface area (Å²) in [4.78, 5) is 0. The Hall–Kier alpha value is -2.02. The molecule has 0 nitrogen and oxygen atoms in total. The topological polar surface area (TPSA) is 0 Å². The molecule has 0 atom stereocenters. The van der Waals surface area contributed by atoms with Gasteiger partial charge in [0.2, 0.25) is 0 Å². The van der Waals surface area contributed by atoms with Gasteiger partial charge in [-0.1, -0.05) is 65.5 Å². The van der Waals surface area contributed by atoms with Gasteiger partial charge in [0.15, 0.2) is 0 Å². The second-order valence-corrected chi connectivity index (χ2v) is 9.04. The molecule has 35 heavy (non-hydrogen) atoms. The summed E-state index contributed by atoms with van der Waals surface area (Å²) in [6, 6.07) is 34.3. The van der Waals surface area contributed by atoms with Gasteiger partial charge in [-0.05, 0) is 0 Å². The van der Waals surface area contributed by atoms with Crippen LogP contribution < -0.4 is 0 Å². The fraction of sp³-hybridized carbons (Fsp3) is 0.242. The Bertz CT molecular complexity index is 1150. The van der Waals surface area contributed by atoms with E-state index < -0.39 is 0 Å². The van der Waals surface area contributed by atoms with Crippen molar-refractivity contribution in [3.05, 3.63) is 127 Å². The summed E-state index contributed by atoms with van der Waals surface area (Å²) in [6.07, 6.45) is 0.